The predicted octanol–water partition coefficient (Wildman–Crippen LogP) is 3.52. The van der Waals surface area contributed by atoms with Gasteiger partial charge in [-0.05, 0) is 24.6 Å². The Morgan fingerprint density at radius 2 is 1.73 bits per heavy atom. The maximum atomic E-state index is 13.0. The average molecular weight is 445 g/mol. The molecule has 1 aromatic heterocycles. The van der Waals surface area contributed by atoms with Gasteiger partial charge >= 0.3 is 0 Å². The number of hydrogen-bond donors (Lipinski definition) is 0. The molecule has 4 rings (SSSR count). The number of piperazine rings is 1. The zero-order chi connectivity index (χ0) is 21.1. The molecule has 8 heteroatoms. The van der Waals surface area contributed by atoms with E-state index in [0.29, 0.717) is 36.1 Å². The fourth-order valence-electron chi connectivity index (χ4n) is 3.77. The maximum absolute atomic E-state index is 13.0. The molecule has 0 atom stereocenters. The molecule has 1 aliphatic rings. The Bertz CT molecular complexity index is 1110. The Labute approximate surface area is 182 Å². The van der Waals surface area contributed by atoms with Gasteiger partial charge in [0.1, 0.15) is 5.82 Å². The molecule has 0 spiro atoms. The molecule has 1 aliphatic heterocycles. The number of benzene rings is 2. The minimum absolute atomic E-state index is 0.300. The highest BCUT2D eigenvalue weighted by Gasteiger charge is 2.29. The Balaban J connectivity index is 1.37. The van der Waals surface area contributed by atoms with E-state index in [9.17, 15) is 8.42 Å². The largest absolute Gasteiger partial charge is 0.330 e. The molecule has 6 nitrogen and oxygen atoms in total. The monoisotopic (exact) mass is 444 g/mol. The summed E-state index contributed by atoms with van der Waals surface area (Å²) in [6, 6.07) is 15.1. The van der Waals surface area contributed by atoms with Crippen LogP contribution in [0.2, 0.25) is 5.02 Å². The van der Waals surface area contributed by atoms with Crippen LogP contribution in [0, 0.1) is 6.92 Å². The van der Waals surface area contributed by atoms with E-state index in [2.05, 4.69) is 26.6 Å². The number of aryl methyl sites for hydroxylation is 1. The third-order valence-electron chi connectivity index (χ3n) is 5.50. The van der Waals surface area contributed by atoms with Gasteiger partial charge in [0.25, 0.3) is 0 Å². The summed E-state index contributed by atoms with van der Waals surface area (Å²) in [5, 5.41) is 0.437. The molecule has 0 amide bonds. The summed E-state index contributed by atoms with van der Waals surface area (Å²) in [6.45, 7) is 5.81. The van der Waals surface area contributed by atoms with E-state index in [0.717, 1.165) is 30.0 Å². The van der Waals surface area contributed by atoms with Crippen molar-refractivity contribution in [3.05, 3.63) is 71.5 Å². The third-order valence-corrected chi connectivity index (χ3v) is 7.78. The Kier molecular flexibility index (Phi) is 6.24. The van der Waals surface area contributed by atoms with Crippen LogP contribution in [0.5, 0.6) is 0 Å². The second kappa shape index (κ2) is 8.89. The summed E-state index contributed by atoms with van der Waals surface area (Å²) in [4.78, 5) is 7.09. The van der Waals surface area contributed by atoms with Crippen LogP contribution in [-0.4, -0.2) is 59.9 Å². The van der Waals surface area contributed by atoms with Gasteiger partial charge in [-0.15, -0.1) is 0 Å². The lowest BCUT2D eigenvalue weighted by Gasteiger charge is -2.34. The summed E-state index contributed by atoms with van der Waals surface area (Å²) in [6.07, 6.45) is 3.81. The molecule has 2 heterocycles. The molecular weight excluding hydrogens is 420 g/mol. The van der Waals surface area contributed by atoms with E-state index in [1.165, 1.54) is 0 Å². The number of imidazole rings is 1. The van der Waals surface area contributed by atoms with Crippen molar-refractivity contribution in [3.8, 4) is 11.4 Å². The molecule has 2 aromatic carbocycles. The van der Waals surface area contributed by atoms with Gasteiger partial charge in [0.2, 0.25) is 10.0 Å². The molecular formula is C22H25ClN4O2S. The van der Waals surface area contributed by atoms with Gasteiger partial charge in [-0.25, -0.2) is 13.4 Å². The van der Waals surface area contributed by atoms with E-state index in [4.69, 9.17) is 11.6 Å². The summed E-state index contributed by atoms with van der Waals surface area (Å²) in [5.41, 5.74) is 1.81. The SMILES string of the molecule is Cc1ccc(Cl)cc1S(=O)(=O)N1CCN(CCn2ccnc2-c2ccccc2)CC1. The molecule has 1 saturated heterocycles. The molecule has 158 valence electrons. The van der Waals surface area contributed by atoms with Crippen molar-refractivity contribution in [1.29, 1.82) is 0 Å². The van der Waals surface area contributed by atoms with Crippen molar-refractivity contribution in [1.82, 2.24) is 18.8 Å². The second-order valence-electron chi connectivity index (χ2n) is 7.47. The first kappa shape index (κ1) is 21.1. The first-order chi connectivity index (χ1) is 14.4. The van der Waals surface area contributed by atoms with Gasteiger partial charge < -0.3 is 4.57 Å². The third kappa shape index (κ3) is 4.44. The Hall–Kier alpha value is -2.19. The van der Waals surface area contributed by atoms with Crippen molar-refractivity contribution in [2.45, 2.75) is 18.4 Å². The van der Waals surface area contributed by atoms with Crippen LogP contribution in [0.1, 0.15) is 5.56 Å². The topological polar surface area (TPSA) is 58.4 Å². The Morgan fingerprint density at radius 1 is 1.00 bits per heavy atom. The molecule has 0 N–H and O–H groups in total. The van der Waals surface area contributed by atoms with E-state index < -0.39 is 10.0 Å². The van der Waals surface area contributed by atoms with Crippen molar-refractivity contribution in [2.24, 2.45) is 0 Å². The number of sulfonamides is 1. The van der Waals surface area contributed by atoms with Crippen LogP contribution in [0.4, 0.5) is 0 Å². The van der Waals surface area contributed by atoms with Gasteiger partial charge in [0.15, 0.2) is 0 Å². The number of nitrogens with zero attached hydrogens (tertiary/aromatic N) is 4. The van der Waals surface area contributed by atoms with Gasteiger partial charge in [0, 0.05) is 62.2 Å². The lowest BCUT2D eigenvalue weighted by atomic mass is 10.2. The molecule has 0 saturated carbocycles. The van der Waals surface area contributed by atoms with Gasteiger partial charge in [-0.2, -0.15) is 4.31 Å². The highest BCUT2D eigenvalue weighted by molar-refractivity contribution is 7.89. The summed E-state index contributed by atoms with van der Waals surface area (Å²) >= 11 is 6.03. The zero-order valence-corrected chi connectivity index (χ0v) is 18.5. The number of halogens is 1. The van der Waals surface area contributed by atoms with Crippen molar-refractivity contribution in [2.75, 3.05) is 32.7 Å². The Morgan fingerprint density at radius 3 is 2.47 bits per heavy atom. The van der Waals surface area contributed by atoms with E-state index in [1.807, 2.05) is 30.6 Å². The molecule has 0 unspecified atom stereocenters. The van der Waals surface area contributed by atoms with Crippen molar-refractivity contribution < 1.29 is 8.42 Å². The van der Waals surface area contributed by atoms with Crippen molar-refractivity contribution in [3.63, 3.8) is 0 Å². The first-order valence-electron chi connectivity index (χ1n) is 10.0. The van der Waals surface area contributed by atoms with Crippen LogP contribution in [0.15, 0.2) is 65.8 Å². The predicted molar refractivity (Wildman–Crippen MR) is 119 cm³/mol. The van der Waals surface area contributed by atoms with Crippen LogP contribution in [0.3, 0.4) is 0 Å². The van der Waals surface area contributed by atoms with Crippen LogP contribution in [-0.2, 0) is 16.6 Å². The highest BCUT2D eigenvalue weighted by Crippen LogP contribution is 2.24. The molecule has 3 aromatic rings. The smallest absolute Gasteiger partial charge is 0.243 e. The van der Waals surface area contributed by atoms with E-state index in [1.54, 1.807) is 29.4 Å². The molecule has 0 bridgehead atoms. The lowest BCUT2D eigenvalue weighted by molar-refractivity contribution is 0.183. The number of hydrogen-bond acceptors (Lipinski definition) is 4. The minimum Gasteiger partial charge on any atom is -0.330 e. The quantitative estimate of drug-likeness (QED) is 0.583. The van der Waals surface area contributed by atoms with E-state index in [-0.39, 0.29) is 0 Å². The standard InChI is InChI=1S/C22H25ClN4O2S/c1-18-7-8-20(23)17-21(18)30(28,29)27-15-12-25(13-16-27)11-14-26-10-9-24-22(26)19-5-3-2-4-6-19/h2-10,17H,11-16H2,1H3. The average Bonchev–Trinajstić information content (AvgIpc) is 3.23. The van der Waals surface area contributed by atoms with Crippen LogP contribution >= 0.6 is 11.6 Å². The fourth-order valence-corrected chi connectivity index (χ4v) is 5.68. The highest BCUT2D eigenvalue weighted by atomic mass is 35.5. The minimum atomic E-state index is -3.53. The molecule has 0 radical (unpaired) electrons. The van der Waals surface area contributed by atoms with E-state index >= 15 is 0 Å². The molecule has 30 heavy (non-hydrogen) atoms. The van der Waals surface area contributed by atoms with Gasteiger partial charge in [0.05, 0.1) is 4.90 Å². The zero-order valence-electron chi connectivity index (χ0n) is 16.9. The molecule has 1 fully saturated rings. The lowest BCUT2D eigenvalue weighted by Crippen LogP contribution is -2.49. The second-order valence-corrected chi connectivity index (χ2v) is 9.81. The van der Waals surface area contributed by atoms with Crippen LogP contribution < -0.4 is 0 Å². The van der Waals surface area contributed by atoms with Gasteiger partial charge in [-0.1, -0.05) is 48.0 Å². The van der Waals surface area contributed by atoms with Crippen LogP contribution in [0.25, 0.3) is 11.4 Å². The summed E-state index contributed by atoms with van der Waals surface area (Å²) < 4.78 is 29.8. The number of rotatable bonds is 6. The summed E-state index contributed by atoms with van der Waals surface area (Å²) in [7, 11) is -3.53. The maximum Gasteiger partial charge on any atom is 0.243 e. The van der Waals surface area contributed by atoms with Crippen molar-refractivity contribution >= 4 is 21.6 Å². The fraction of sp³-hybridized carbons (Fsp3) is 0.318. The number of aromatic nitrogens is 2. The normalized spacial score (nSPS) is 16.1. The molecule has 0 aliphatic carbocycles. The summed E-state index contributed by atoms with van der Waals surface area (Å²) in [5.74, 6) is 0.952. The first-order valence-corrected chi connectivity index (χ1v) is 11.8. The van der Waals surface area contributed by atoms with Gasteiger partial charge in [-0.3, -0.25) is 4.90 Å².